The molecule has 0 unspecified atom stereocenters. The lowest BCUT2D eigenvalue weighted by atomic mass is 9.85. The quantitative estimate of drug-likeness (QED) is 0.234. The molecule has 3 saturated heterocycles. The molecule has 3 fully saturated rings. The van der Waals surface area contributed by atoms with Crippen LogP contribution in [0, 0.1) is 17.6 Å². The molecule has 40 heavy (non-hydrogen) atoms. The molecule has 1 aromatic heterocycles. The summed E-state index contributed by atoms with van der Waals surface area (Å²) in [6.07, 6.45) is 2.14. The molecule has 0 spiro atoms. The van der Waals surface area contributed by atoms with Crippen molar-refractivity contribution < 1.29 is 32.8 Å². The fraction of sp³-hybridized carbons (Fsp3) is 0.300. The summed E-state index contributed by atoms with van der Waals surface area (Å²) in [5.74, 6) is -0.356. The molecular formula is C30H30F2N3O4S+. The topological polar surface area (TPSA) is 96.5 Å². The summed E-state index contributed by atoms with van der Waals surface area (Å²) in [7, 11) is 0. The number of fused-ring (bicyclic) bond motifs is 3. The van der Waals surface area contributed by atoms with Crippen LogP contribution in [0.15, 0.2) is 88.3 Å². The Bertz CT molecular complexity index is 1390. The van der Waals surface area contributed by atoms with Crippen LogP contribution < -0.4 is 0 Å². The van der Waals surface area contributed by atoms with Gasteiger partial charge in [-0.05, 0) is 35.2 Å². The number of piperidine rings is 3. The van der Waals surface area contributed by atoms with E-state index in [1.807, 2.05) is 60.7 Å². The van der Waals surface area contributed by atoms with Gasteiger partial charge in [0.2, 0.25) is 5.82 Å². The standard InChI is InChI=1S/C29H28F2N3O2S.CH2O2/c30-24-12-11-23(17-25(24)31)37-26-18-34(15-13-20(26)14-16-34)19-27-32-28(33-36-27)29(35,21-7-3-1-4-8-21)22-9-5-2-6-10-22;2-1-3/h1-12,17,20,26,35H,13-16,18-19H2;1H,(H,2,3)/q+1;/t20?,26-,34?;/m0./s1. The monoisotopic (exact) mass is 566 g/mol. The SMILES string of the molecule is O=CO.OC(c1ccccc1)(c1ccccc1)c1noc(C[N+]23CCC(CC2)[C@@H](Sc2ccc(F)c(F)c2)C3)n1. The van der Waals surface area contributed by atoms with Crippen molar-refractivity contribution in [1.82, 2.24) is 10.1 Å². The molecule has 3 aromatic carbocycles. The van der Waals surface area contributed by atoms with E-state index < -0.39 is 17.2 Å². The van der Waals surface area contributed by atoms with Gasteiger partial charge in [0.05, 0.1) is 24.9 Å². The molecule has 4 aromatic rings. The Balaban J connectivity index is 0.00000103. The molecular weight excluding hydrogens is 536 g/mol. The zero-order chi connectivity index (χ0) is 28.2. The molecule has 0 aliphatic carbocycles. The number of carbonyl (C=O) groups is 1. The summed E-state index contributed by atoms with van der Waals surface area (Å²) in [5.41, 5.74) is -0.200. The number of carboxylic acid groups (broad SMARTS) is 1. The minimum absolute atomic E-state index is 0.220. The summed E-state index contributed by atoms with van der Waals surface area (Å²) in [5, 5.41) is 23.4. The Morgan fingerprint density at radius 2 is 1.57 bits per heavy atom. The van der Waals surface area contributed by atoms with Gasteiger partial charge in [0.25, 0.3) is 12.4 Å². The number of benzene rings is 3. The van der Waals surface area contributed by atoms with E-state index in [1.54, 1.807) is 17.8 Å². The van der Waals surface area contributed by atoms with Crippen LogP contribution in [0.25, 0.3) is 0 Å². The van der Waals surface area contributed by atoms with Crippen molar-refractivity contribution in [3.8, 4) is 0 Å². The van der Waals surface area contributed by atoms with Crippen LogP contribution >= 0.6 is 11.8 Å². The van der Waals surface area contributed by atoms with E-state index in [0.29, 0.717) is 34.7 Å². The van der Waals surface area contributed by atoms with Gasteiger partial charge in [0, 0.05) is 17.7 Å². The van der Waals surface area contributed by atoms with Gasteiger partial charge in [-0.1, -0.05) is 65.8 Å². The van der Waals surface area contributed by atoms with Crippen molar-refractivity contribution in [2.24, 2.45) is 5.92 Å². The number of aromatic nitrogens is 2. The van der Waals surface area contributed by atoms with Gasteiger partial charge >= 0.3 is 0 Å². The van der Waals surface area contributed by atoms with Crippen molar-refractivity contribution in [3.05, 3.63) is 113 Å². The van der Waals surface area contributed by atoms with E-state index in [-0.39, 0.29) is 12.3 Å². The van der Waals surface area contributed by atoms with Gasteiger partial charge in [-0.25, -0.2) is 8.78 Å². The zero-order valence-electron chi connectivity index (χ0n) is 21.7. The fourth-order valence-corrected chi connectivity index (χ4v) is 7.36. The fourth-order valence-electron chi connectivity index (χ4n) is 5.84. The Kier molecular flexibility index (Phi) is 8.30. The van der Waals surface area contributed by atoms with Crippen LogP contribution in [0.2, 0.25) is 0 Å². The molecule has 0 radical (unpaired) electrons. The Morgan fingerprint density at radius 3 is 2.15 bits per heavy atom. The highest BCUT2D eigenvalue weighted by molar-refractivity contribution is 8.00. The number of quaternary nitrogens is 1. The van der Waals surface area contributed by atoms with Gasteiger partial charge in [-0.15, -0.1) is 11.8 Å². The zero-order valence-corrected chi connectivity index (χ0v) is 22.5. The van der Waals surface area contributed by atoms with Crippen LogP contribution in [0.3, 0.4) is 0 Å². The van der Waals surface area contributed by atoms with Gasteiger partial charge in [0.15, 0.2) is 23.8 Å². The van der Waals surface area contributed by atoms with Gasteiger partial charge in [0.1, 0.15) is 0 Å². The van der Waals surface area contributed by atoms with E-state index >= 15 is 0 Å². The lowest BCUT2D eigenvalue weighted by molar-refractivity contribution is -0.955. The van der Waals surface area contributed by atoms with E-state index in [9.17, 15) is 13.9 Å². The highest BCUT2D eigenvalue weighted by atomic mass is 32.2. The Morgan fingerprint density at radius 1 is 0.975 bits per heavy atom. The van der Waals surface area contributed by atoms with E-state index in [4.69, 9.17) is 19.4 Å². The van der Waals surface area contributed by atoms with Crippen LogP contribution in [0.5, 0.6) is 0 Å². The molecule has 2 bridgehead atoms. The predicted octanol–water partition coefficient (Wildman–Crippen LogP) is 5.23. The summed E-state index contributed by atoms with van der Waals surface area (Å²) >= 11 is 1.63. The number of hydrogen-bond donors (Lipinski definition) is 2. The number of halogens is 2. The first-order valence-electron chi connectivity index (χ1n) is 13.1. The largest absolute Gasteiger partial charge is 0.483 e. The molecule has 4 heterocycles. The number of nitrogens with zero attached hydrogens (tertiary/aromatic N) is 3. The second kappa shape index (κ2) is 11.9. The third-order valence-corrected chi connectivity index (χ3v) is 9.23. The number of rotatable bonds is 7. The number of aliphatic hydroxyl groups is 1. The molecule has 2 N–H and O–H groups in total. The average Bonchev–Trinajstić information content (AvgIpc) is 3.45. The van der Waals surface area contributed by atoms with Gasteiger partial charge in [-0.2, -0.15) is 4.98 Å². The minimum atomic E-state index is -1.54. The molecule has 10 heteroatoms. The summed E-state index contributed by atoms with van der Waals surface area (Å²) in [6, 6.07) is 22.9. The first kappa shape index (κ1) is 27.9. The molecule has 1 atom stereocenters. The van der Waals surface area contributed by atoms with Crippen molar-refractivity contribution in [1.29, 1.82) is 0 Å². The number of thioether (sulfide) groups is 1. The maximum Gasteiger partial charge on any atom is 0.290 e. The molecule has 3 aliphatic rings. The molecule has 3 aliphatic heterocycles. The van der Waals surface area contributed by atoms with E-state index in [2.05, 4.69) is 5.16 Å². The smallest absolute Gasteiger partial charge is 0.290 e. The maximum atomic E-state index is 13.8. The van der Waals surface area contributed by atoms with Crippen LogP contribution in [-0.2, 0) is 16.9 Å². The summed E-state index contributed by atoms with van der Waals surface area (Å²) < 4.78 is 33.8. The minimum Gasteiger partial charge on any atom is -0.483 e. The molecule has 208 valence electrons. The van der Waals surface area contributed by atoms with E-state index in [0.717, 1.165) is 41.9 Å². The van der Waals surface area contributed by atoms with Crippen LogP contribution in [0.4, 0.5) is 8.78 Å². The van der Waals surface area contributed by atoms with Crippen LogP contribution in [-0.4, -0.2) is 56.2 Å². The number of hydrogen-bond acceptors (Lipinski definition) is 6. The third kappa shape index (κ3) is 5.65. The maximum absolute atomic E-state index is 13.8. The predicted molar refractivity (Wildman–Crippen MR) is 145 cm³/mol. The van der Waals surface area contributed by atoms with Crippen molar-refractivity contribution in [2.45, 2.75) is 35.1 Å². The normalized spacial score (nSPS) is 21.9. The average molecular weight is 567 g/mol. The van der Waals surface area contributed by atoms with Crippen molar-refractivity contribution >= 4 is 18.2 Å². The molecule has 0 amide bonds. The summed E-state index contributed by atoms with van der Waals surface area (Å²) in [4.78, 5) is 13.8. The van der Waals surface area contributed by atoms with Crippen molar-refractivity contribution in [3.63, 3.8) is 0 Å². The van der Waals surface area contributed by atoms with Gasteiger partial charge < -0.3 is 19.2 Å². The second-order valence-corrected chi connectivity index (χ2v) is 11.6. The second-order valence-electron chi connectivity index (χ2n) is 10.3. The molecule has 7 nitrogen and oxygen atoms in total. The molecule has 7 rings (SSSR count). The van der Waals surface area contributed by atoms with Gasteiger partial charge in [-0.3, -0.25) is 4.79 Å². The highest BCUT2D eigenvalue weighted by Gasteiger charge is 2.47. The first-order chi connectivity index (χ1) is 19.4. The Hall–Kier alpha value is -3.60. The summed E-state index contributed by atoms with van der Waals surface area (Å²) in [6.45, 7) is 3.25. The van der Waals surface area contributed by atoms with E-state index in [1.165, 1.54) is 12.1 Å². The first-order valence-corrected chi connectivity index (χ1v) is 14.0. The highest BCUT2D eigenvalue weighted by Crippen LogP contribution is 2.43. The lowest BCUT2D eigenvalue weighted by Gasteiger charge is -2.51. The molecule has 0 saturated carbocycles. The lowest BCUT2D eigenvalue weighted by Crippen LogP contribution is -2.62. The Labute approximate surface area is 235 Å². The van der Waals surface area contributed by atoms with Crippen molar-refractivity contribution in [2.75, 3.05) is 19.6 Å². The third-order valence-electron chi connectivity index (χ3n) is 7.87. The van der Waals surface area contributed by atoms with Crippen LogP contribution in [0.1, 0.15) is 35.7 Å².